The monoisotopic (exact) mass is 215 g/mol. The van der Waals surface area contributed by atoms with Crippen LogP contribution in [0.1, 0.15) is 20.3 Å². The van der Waals surface area contributed by atoms with E-state index >= 15 is 0 Å². The van der Waals surface area contributed by atoms with E-state index in [1.54, 1.807) is 0 Å². The summed E-state index contributed by atoms with van der Waals surface area (Å²) in [5.74, 6) is 0.521. The van der Waals surface area contributed by atoms with Gasteiger partial charge in [-0.05, 0) is 20.3 Å². The lowest BCUT2D eigenvalue weighted by Crippen LogP contribution is -2.32. The summed E-state index contributed by atoms with van der Waals surface area (Å²) in [6.07, 6.45) is 3.71. The molecule has 0 aliphatic heterocycles. The summed E-state index contributed by atoms with van der Waals surface area (Å²) in [5.41, 5.74) is -0.220. The largest absolute Gasteiger partial charge is 0.396 e. The van der Waals surface area contributed by atoms with Crippen LogP contribution >= 0.6 is 11.6 Å². The predicted molar refractivity (Wildman–Crippen MR) is 56.4 cm³/mol. The van der Waals surface area contributed by atoms with Gasteiger partial charge in [0.05, 0.1) is 17.4 Å². The molecule has 0 saturated carbocycles. The van der Waals surface area contributed by atoms with Crippen molar-refractivity contribution in [1.29, 1.82) is 0 Å². The first-order chi connectivity index (χ1) is 6.53. The molecule has 0 radical (unpaired) electrons. The molecule has 5 heteroatoms. The van der Waals surface area contributed by atoms with Gasteiger partial charge in [0.25, 0.3) is 0 Å². The van der Waals surface area contributed by atoms with Crippen LogP contribution in [-0.4, -0.2) is 27.2 Å². The van der Waals surface area contributed by atoms with Gasteiger partial charge in [-0.3, -0.25) is 0 Å². The molecule has 0 saturated heterocycles. The third-order valence-electron chi connectivity index (χ3n) is 1.81. The van der Waals surface area contributed by atoms with E-state index in [2.05, 4.69) is 15.3 Å². The maximum absolute atomic E-state index is 8.82. The van der Waals surface area contributed by atoms with Gasteiger partial charge in [-0.15, -0.1) is 0 Å². The van der Waals surface area contributed by atoms with E-state index < -0.39 is 0 Å². The molecule has 1 aromatic rings. The highest BCUT2D eigenvalue weighted by Crippen LogP contribution is 2.14. The molecular formula is C9H14ClN3O. The van der Waals surface area contributed by atoms with Crippen molar-refractivity contribution in [1.82, 2.24) is 9.97 Å². The molecule has 0 aliphatic rings. The molecule has 0 atom stereocenters. The number of hydrogen-bond donors (Lipinski definition) is 2. The van der Waals surface area contributed by atoms with E-state index in [0.29, 0.717) is 17.4 Å². The van der Waals surface area contributed by atoms with E-state index in [-0.39, 0.29) is 12.1 Å². The molecule has 0 fully saturated rings. The Bertz CT molecular complexity index is 287. The van der Waals surface area contributed by atoms with Gasteiger partial charge in [0.1, 0.15) is 0 Å². The minimum Gasteiger partial charge on any atom is -0.396 e. The number of aliphatic hydroxyl groups is 1. The number of hydrogen-bond acceptors (Lipinski definition) is 4. The molecule has 1 rings (SSSR count). The molecule has 2 N–H and O–H groups in total. The molecule has 78 valence electrons. The Hall–Kier alpha value is -0.870. The van der Waals surface area contributed by atoms with Gasteiger partial charge in [0, 0.05) is 12.1 Å². The quantitative estimate of drug-likeness (QED) is 0.803. The minimum atomic E-state index is -0.220. The standard InChI is InChI=1S/C9H14ClN3O/c1-9(2,3-4-14)13-8-11-5-7(10)6-12-8/h5-6,14H,3-4H2,1-2H3,(H,11,12,13). The second-order valence-electron chi connectivity index (χ2n) is 3.71. The first-order valence-corrected chi connectivity index (χ1v) is 4.78. The molecular weight excluding hydrogens is 202 g/mol. The van der Waals surface area contributed by atoms with Crippen molar-refractivity contribution < 1.29 is 5.11 Å². The van der Waals surface area contributed by atoms with Crippen molar-refractivity contribution in [3.63, 3.8) is 0 Å². The number of aromatic nitrogens is 2. The van der Waals surface area contributed by atoms with Gasteiger partial charge in [0.2, 0.25) is 5.95 Å². The van der Waals surface area contributed by atoms with Gasteiger partial charge in [-0.2, -0.15) is 0 Å². The van der Waals surface area contributed by atoms with Gasteiger partial charge in [0.15, 0.2) is 0 Å². The zero-order chi connectivity index (χ0) is 10.6. The van der Waals surface area contributed by atoms with E-state index in [9.17, 15) is 0 Å². The number of halogens is 1. The van der Waals surface area contributed by atoms with E-state index in [1.165, 1.54) is 12.4 Å². The average Bonchev–Trinajstić information content (AvgIpc) is 2.08. The molecule has 14 heavy (non-hydrogen) atoms. The highest BCUT2D eigenvalue weighted by molar-refractivity contribution is 6.30. The Morgan fingerprint density at radius 3 is 2.50 bits per heavy atom. The van der Waals surface area contributed by atoms with Gasteiger partial charge in [-0.1, -0.05) is 11.6 Å². The Balaban J connectivity index is 2.64. The Kier molecular flexibility index (Phi) is 3.66. The van der Waals surface area contributed by atoms with Crippen molar-refractivity contribution in [2.45, 2.75) is 25.8 Å². The van der Waals surface area contributed by atoms with Crippen LogP contribution in [0.25, 0.3) is 0 Å². The third kappa shape index (κ3) is 3.47. The van der Waals surface area contributed by atoms with Crippen LogP contribution in [-0.2, 0) is 0 Å². The minimum absolute atomic E-state index is 0.133. The maximum Gasteiger partial charge on any atom is 0.223 e. The number of anilines is 1. The molecule has 0 spiro atoms. The SMILES string of the molecule is CC(C)(CCO)Nc1ncc(Cl)cn1. The first kappa shape index (κ1) is 11.2. The zero-order valence-corrected chi connectivity index (χ0v) is 9.04. The molecule has 0 unspecified atom stereocenters. The first-order valence-electron chi connectivity index (χ1n) is 4.40. The van der Waals surface area contributed by atoms with Crippen LogP contribution < -0.4 is 5.32 Å². The van der Waals surface area contributed by atoms with E-state index in [0.717, 1.165) is 0 Å². The Morgan fingerprint density at radius 2 is 2.00 bits per heavy atom. The molecule has 1 aromatic heterocycles. The summed E-state index contributed by atoms with van der Waals surface area (Å²) >= 11 is 5.65. The fourth-order valence-corrected chi connectivity index (χ4v) is 1.12. The molecule has 4 nitrogen and oxygen atoms in total. The van der Waals surface area contributed by atoms with Gasteiger partial charge < -0.3 is 10.4 Å². The summed E-state index contributed by atoms with van der Waals surface area (Å²) in [5, 5.41) is 12.4. The predicted octanol–water partition coefficient (Wildman–Crippen LogP) is 1.70. The van der Waals surface area contributed by atoms with E-state index in [4.69, 9.17) is 16.7 Å². The lowest BCUT2D eigenvalue weighted by molar-refractivity contribution is 0.260. The van der Waals surface area contributed by atoms with Gasteiger partial charge >= 0.3 is 0 Å². The van der Waals surface area contributed by atoms with Crippen LogP contribution in [0.15, 0.2) is 12.4 Å². The smallest absolute Gasteiger partial charge is 0.223 e. The lowest BCUT2D eigenvalue weighted by Gasteiger charge is -2.25. The number of aliphatic hydroxyl groups excluding tert-OH is 1. The van der Waals surface area contributed by atoms with Gasteiger partial charge in [-0.25, -0.2) is 9.97 Å². The molecule has 0 aromatic carbocycles. The third-order valence-corrected chi connectivity index (χ3v) is 2.00. The number of nitrogens with zero attached hydrogens (tertiary/aromatic N) is 2. The second-order valence-corrected chi connectivity index (χ2v) is 4.14. The lowest BCUT2D eigenvalue weighted by atomic mass is 10.0. The van der Waals surface area contributed by atoms with Crippen LogP contribution in [0.3, 0.4) is 0 Å². The fourth-order valence-electron chi connectivity index (χ4n) is 1.02. The van der Waals surface area contributed by atoms with Crippen molar-refractivity contribution in [3.05, 3.63) is 17.4 Å². The Labute approximate surface area is 88.3 Å². The van der Waals surface area contributed by atoms with Crippen molar-refractivity contribution in [3.8, 4) is 0 Å². The number of rotatable bonds is 4. The zero-order valence-electron chi connectivity index (χ0n) is 8.29. The highest BCUT2D eigenvalue weighted by atomic mass is 35.5. The molecule has 0 bridgehead atoms. The van der Waals surface area contributed by atoms with Crippen molar-refractivity contribution >= 4 is 17.5 Å². The summed E-state index contributed by atoms with van der Waals surface area (Å²) in [6, 6.07) is 0. The summed E-state index contributed by atoms with van der Waals surface area (Å²) in [6.45, 7) is 4.08. The van der Waals surface area contributed by atoms with Crippen LogP contribution in [0.2, 0.25) is 5.02 Å². The topological polar surface area (TPSA) is 58.0 Å². The van der Waals surface area contributed by atoms with Crippen molar-refractivity contribution in [2.24, 2.45) is 0 Å². The van der Waals surface area contributed by atoms with Crippen LogP contribution in [0.4, 0.5) is 5.95 Å². The second kappa shape index (κ2) is 4.57. The molecule has 0 aliphatic carbocycles. The summed E-state index contributed by atoms with van der Waals surface area (Å²) in [7, 11) is 0. The van der Waals surface area contributed by atoms with Crippen molar-refractivity contribution in [2.75, 3.05) is 11.9 Å². The summed E-state index contributed by atoms with van der Waals surface area (Å²) in [4.78, 5) is 8.02. The van der Waals surface area contributed by atoms with E-state index in [1.807, 2.05) is 13.8 Å². The maximum atomic E-state index is 8.82. The summed E-state index contributed by atoms with van der Waals surface area (Å²) < 4.78 is 0. The molecule has 1 heterocycles. The Morgan fingerprint density at radius 1 is 1.43 bits per heavy atom. The average molecular weight is 216 g/mol. The highest BCUT2D eigenvalue weighted by Gasteiger charge is 2.17. The van der Waals surface area contributed by atoms with Crippen LogP contribution in [0.5, 0.6) is 0 Å². The normalized spacial score (nSPS) is 11.4. The molecule has 0 amide bonds. The van der Waals surface area contributed by atoms with Crippen LogP contribution in [0, 0.1) is 0 Å². The fraction of sp³-hybridized carbons (Fsp3) is 0.556. The number of nitrogens with one attached hydrogen (secondary N) is 1.